The quantitative estimate of drug-likeness (QED) is 0.0445. The Morgan fingerprint density at radius 1 is 0.543 bits per heavy atom. The molecule has 2 atom stereocenters. The normalized spacial score (nSPS) is 15.5. The summed E-state index contributed by atoms with van der Waals surface area (Å²) in [7, 11) is 0. The summed E-state index contributed by atoms with van der Waals surface area (Å²) in [6, 6.07) is 19.4. The van der Waals surface area contributed by atoms with Crippen LogP contribution >= 0.6 is 0 Å². The van der Waals surface area contributed by atoms with Crippen molar-refractivity contribution in [1.29, 1.82) is 0 Å². The van der Waals surface area contributed by atoms with Gasteiger partial charge in [-0.1, -0.05) is 239 Å². The highest BCUT2D eigenvalue weighted by Gasteiger charge is 2.46. The fourth-order valence-electron chi connectivity index (χ4n) is 13.4. The minimum Gasteiger partial charge on any atom is -0.381 e. The molecule has 0 radical (unpaired) electrons. The van der Waals surface area contributed by atoms with Crippen molar-refractivity contribution in [2.45, 2.75) is 307 Å². The summed E-state index contributed by atoms with van der Waals surface area (Å²) in [5.41, 5.74) is 26.9. The summed E-state index contributed by atoms with van der Waals surface area (Å²) in [4.78, 5) is 11.5. The molecule has 0 heterocycles. The summed E-state index contributed by atoms with van der Waals surface area (Å²) >= 11 is 0. The summed E-state index contributed by atoms with van der Waals surface area (Å²) in [5, 5.41) is 0. The number of allylic oxidation sites excluding steroid dienone is 2. The van der Waals surface area contributed by atoms with Gasteiger partial charge in [0.2, 0.25) is 0 Å². The van der Waals surface area contributed by atoms with Crippen LogP contribution in [-0.2, 0) is 73.1 Å². The Labute approximate surface area is 501 Å². The Balaban J connectivity index is 0.000000334. The van der Waals surface area contributed by atoms with Crippen molar-refractivity contribution in [1.82, 2.24) is 0 Å². The van der Waals surface area contributed by atoms with Crippen molar-refractivity contribution >= 4 is 6.29 Å². The van der Waals surface area contributed by atoms with Crippen LogP contribution in [0.2, 0.25) is 0 Å². The first-order valence-electron chi connectivity index (χ1n) is 32.1. The van der Waals surface area contributed by atoms with E-state index in [0.717, 1.165) is 90.1 Å². The van der Waals surface area contributed by atoms with Crippen molar-refractivity contribution in [2.75, 3.05) is 13.2 Å². The van der Waals surface area contributed by atoms with Crippen LogP contribution in [0.5, 0.6) is 0 Å². The molecule has 2 nitrogen and oxygen atoms in total. The van der Waals surface area contributed by atoms with E-state index in [1.807, 2.05) is 6.08 Å². The van der Waals surface area contributed by atoms with E-state index in [4.69, 9.17) is 4.74 Å². The summed E-state index contributed by atoms with van der Waals surface area (Å²) < 4.78 is 6.29. The SMILES string of the molecule is C=C(CCc1cc(C(C)(C)C)c(C)c(C(C)(C)C)c1)CCC(CCC)(CCC=O)CCOCCCc1cc2c(c(C(C)(C)C)c1)C2C.C=CCc1cc(C(C)(C)C)c(C)c(C(C)(C)C)c1.CCCc1cc(C(C)(C)C)c2c(c1)C2(C)C. The smallest absolute Gasteiger partial charge is 0.120 e. The average molecular weight is 1100 g/mol. The van der Waals surface area contributed by atoms with Gasteiger partial charge in [0, 0.05) is 31.0 Å². The fourth-order valence-corrected chi connectivity index (χ4v) is 13.4. The number of fused-ring (bicyclic) bond motifs is 2. The van der Waals surface area contributed by atoms with Crippen LogP contribution in [0.15, 0.2) is 73.3 Å². The van der Waals surface area contributed by atoms with E-state index < -0.39 is 0 Å². The van der Waals surface area contributed by atoms with Crippen LogP contribution in [0.1, 0.15) is 318 Å². The van der Waals surface area contributed by atoms with Gasteiger partial charge in [-0.3, -0.25) is 0 Å². The number of carbonyl (C=O) groups is 1. The first-order valence-corrected chi connectivity index (χ1v) is 32.1. The molecule has 81 heavy (non-hydrogen) atoms. The molecule has 6 rings (SSSR count). The molecule has 0 bridgehead atoms. The van der Waals surface area contributed by atoms with Crippen LogP contribution < -0.4 is 0 Å². The molecule has 0 N–H and O–H groups in total. The Kier molecular flexibility index (Phi) is 23.5. The number of benzene rings is 4. The second-order valence-electron chi connectivity index (χ2n) is 32.1. The number of hydrogen-bond donors (Lipinski definition) is 0. The van der Waals surface area contributed by atoms with Crippen molar-refractivity contribution in [2.24, 2.45) is 5.41 Å². The number of carbonyl (C=O) groups excluding carboxylic acids is 1. The molecule has 0 saturated carbocycles. The number of aldehydes is 1. The molecule has 450 valence electrons. The molecule has 2 aliphatic rings. The Hall–Kier alpha value is -4.01. The zero-order chi connectivity index (χ0) is 61.5. The lowest BCUT2D eigenvalue weighted by Crippen LogP contribution is -2.24. The summed E-state index contributed by atoms with van der Waals surface area (Å²) in [5.74, 6) is 0.633. The highest BCUT2D eigenvalue weighted by molar-refractivity contribution is 5.65. The third kappa shape index (κ3) is 19.0. The van der Waals surface area contributed by atoms with Crippen molar-refractivity contribution in [3.8, 4) is 0 Å². The number of hydrogen-bond acceptors (Lipinski definition) is 2. The molecule has 0 saturated heterocycles. The Morgan fingerprint density at radius 2 is 1.00 bits per heavy atom. The first-order chi connectivity index (χ1) is 37.2. The standard InChI is InChI=1S/C45H70O2.C18H28.C16H24/c1-14-21-45(22-16-25-46,24-27-47-26-15-17-35-28-37-33(3)41(37)40(31-35)44(11,12)13)23-20-32(2)18-19-36-29-38(42(5,6)7)34(4)39(30-36)43(8,9)10;1-9-10-14-11-15(17(3,4)5)13(2)16(12-14)18(6,7)8;1-7-8-11-9-12(15(2,3)4)14-13(10-11)16(14,5)6/h25,28-31,33H,2,14-24,26-27H2,1,3-13H3;9,11-12H,1,10H2,2-8H3;9-10H,7-8H2,1-6H3. The molecule has 0 aliphatic heterocycles. The van der Waals surface area contributed by atoms with Crippen molar-refractivity contribution in [3.63, 3.8) is 0 Å². The second-order valence-corrected chi connectivity index (χ2v) is 32.1. The largest absolute Gasteiger partial charge is 0.381 e. The molecule has 4 aromatic carbocycles. The first kappa shape index (κ1) is 69.5. The van der Waals surface area contributed by atoms with Gasteiger partial charge in [0.05, 0.1) is 0 Å². The van der Waals surface area contributed by atoms with Gasteiger partial charge in [0.25, 0.3) is 0 Å². The van der Waals surface area contributed by atoms with Gasteiger partial charge in [-0.15, -0.1) is 6.58 Å². The van der Waals surface area contributed by atoms with Crippen LogP contribution in [0.25, 0.3) is 0 Å². The maximum absolute atomic E-state index is 11.5. The Morgan fingerprint density at radius 3 is 1.46 bits per heavy atom. The lowest BCUT2D eigenvalue weighted by atomic mass is 9.72. The van der Waals surface area contributed by atoms with Gasteiger partial charge in [-0.05, 0) is 211 Å². The maximum Gasteiger partial charge on any atom is 0.120 e. The molecule has 2 unspecified atom stereocenters. The van der Waals surface area contributed by atoms with E-state index in [9.17, 15) is 4.79 Å². The topological polar surface area (TPSA) is 26.3 Å². The van der Waals surface area contributed by atoms with E-state index >= 15 is 0 Å². The lowest BCUT2D eigenvalue weighted by Gasteiger charge is -2.34. The van der Waals surface area contributed by atoms with Gasteiger partial charge in [0.15, 0.2) is 0 Å². The molecular weight excluding hydrogens is 981 g/mol. The molecule has 0 fully saturated rings. The van der Waals surface area contributed by atoms with Crippen LogP contribution in [0.4, 0.5) is 0 Å². The molecule has 0 spiro atoms. The molecule has 2 heteroatoms. The van der Waals surface area contributed by atoms with Crippen molar-refractivity contribution < 1.29 is 9.53 Å². The van der Waals surface area contributed by atoms with E-state index in [0.29, 0.717) is 17.8 Å². The van der Waals surface area contributed by atoms with Gasteiger partial charge in [-0.25, -0.2) is 0 Å². The minimum absolute atomic E-state index is 0.120. The van der Waals surface area contributed by atoms with Crippen LogP contribution in [0.3, 0.4) is 0 Å². The predicted octanol–water partition coefficient (Wildman–Crippen LogP) is 22.3. The number of ether oxygens (including phenoxy) is 1. The lowest BCUT2D eigenvalue weighted by molar-refractivity contribution is -0.108. The monoisotopic (exact) mass is 1100 g/mol. The van der Waals surface area contributed by atoms with Gasteiger partial charge in [0.1, 0.15) is 6.29 Å². The highest BCUT2D eigenvalue weighted by atomic mass is 16.5. The fraction of sp³-hybridized carbons (Fsp3) is 0.633. The van der Waals surface area contributed by atoms with E-state index in [-0.39, 0.29) is 37.9 Å². The third-order valence-corrected chi connectivity index (χ3v) is 18.1. The maximum atomic E-state index is 11.5. The molecule has 4 aromatic rings. The molecule has 2 aliphatic carbocycles. The van der Waals surface area contributed by atoms with Crippen LogP contribution in [0, 0.1) is 19.3 Å². The Bertz CT molecular complexity index is 2690. The average Bonchev–Trinajstić information content (AvgIpc) is 4.38. The van der Waals surface area contributed by atoms with Gasteiger partial charge >= 0.3 is 0 Å². The van der Waals surface area contributed by atoms with E-state index in [1.54, 1.807) is 27.8 Å². The number of rotatable bonds is 22. The zero-order valence-electron chi connectivity index (χ0n) is 57.4. The van der Waals surface area contributed by atoms with E-state index in [1.165, 1.54) is 79.6 Å². The molecule has 0 aromatic heterocycles. The van der Waals surface area contributed by atoms with Crippen molar-refractivity contribution in [3.05, 3.63) is 162 Å². The minimum atomic E-state index is 0.120. The zero-order valence-corrected chi connectivity index (χ0v) is 57.4. The third-order valence-electron chi connectivity index (χ3n) is 18.1. The summed E-state index contributed by atoms with van der Waals surface area (Å²) in [6.07, 6.45) is 17.7. The van der Waals surface area contributed by atoms with Gasteiger partial charge in [-0.2, -0.15) is 0 Å². The summed E-state index contributed by atoms with van der Waals surface area (Å²) in [6.45, 7) is 67.8. The van der Waals surface area contributed by atoms with E-state index in [2.05, 4.69) is 235 Å². The predicted molar refractivity (Wildman–Crippen MR) is 358 cm³/mol. The number of aryl methyl sites for hydroxylation is 3. The molecular formula is C79H122O2. The van der Waals surface area contributed by atoms with Gasteiger partial charge < -0.3 is 9.53 Å². The molecule has 0 amide bonds. The second kappa shape index (κ2) is 27.4. The van der Waals surface area contributed by atoms with Crippen LogP contribution in [-0.4, -0.2) is 19.5 Å². The highest BCUT2D eigenvalue weighted by Crippen LogP contribution is 2.54.